The van der Waals surface area contributed by atoms with E-state index in [-0.39, 0.29) is 16.9 Å². The fraction of sp³-hybridized carbons (Fsp3) is 0.250. The van der Waals surface area contributed by atoms with Crippen LogP contribution in [0, 0.1) is 10.1 Å². The molecule has 8 nitrogen and oxygen atoms in total. The van der Waals surface area contributed by atoms with Crippen molar-refractivity contribution in [1.82, 2.24) is 9.55 Å². The number of para-hydroxylation sites is 3. The maximum atomic E-state index is 12.8. The van der Waals surface area contributed by atoms with Crippen molar-refractivity contribution in [3.63, 3.8) is 0 Å². The first-order chi connectivity index (χ1) is 13.9. The lowest BCUT2D eigenvalue weighted by atomic mass is 10.2. The van der Waals surface area contributed by atoms with E-state index in [4.69, 9.17) is 0 Å². The predicted molar refractivity (Wildman–Crippen MR) is 113 cm³/mol. The summed E-state index contributed by atoms with van der Waals surface area (Å²) >= 11 is 1.15. The highest BCUT2D eigenvalue weighted by Gasteiger charge is 2.22. The van der Waals surface area contributed by atoms with Crippen LogP contribution in [-0.4, -0.2) is 25.6 Å². The minimum atomic E-state index is -0.619. The molecule has 0 saturated heterocycles. The molecule has 0 bridgehead atoms. The van der Waals surface area contributed by atoms with Gasteiger partial charge in [-0.25, -0.2) is 4.98 Å². The molecule has 1 heterocycles. The summed E-state index contributed by atoms with van der Waals surface area (Å²) in [5.41, 5.74) is 0.377. The van der Waals surface area contributed by atoms with Gasteiger partial charge in [-0.1, -0.05) is 43.0 Å². The summed E-state index contributed by atoms with van der Waals surface area (Å²) in [5, 5.41) is 14.1. The lowest BCUT2D eigenvalue weighted by Crippen LogP contribution is -2.27. The second kappa shape index (κ2) is 8.87. The number of hydrogen-bond donors (Lipinski definition) is 1. The number of hydrogen-bond acceptors (Lipinski definition) is 6. The molecule has 0 radical (unpaired) electrons. The molecule has 0 aliphatic rings. The van der Waals surface area contributed by atoms with Gasteiger partial charge in [0.05, 0.1) is 21.1 Å². The van der Waals surface area contributed by atoms with Crippen LogP contribution < -0.4 is 10.9 Å². The number of nitrogens with zero attached hydrogens (tertiary/aromatic N) is 3. The third-order valence-electron chi connectivity index (χ3n) is 4.28. The Morgan fingerprint density at radius 2 is 1.93 bits per heavy atom. The molecule has 150 valence electrons. The molecule has 1 N–H and O–H groups in total. The Labute approximate surface area is 171 Å². The number of nitro groups is 1. The first-order valence-electron chi connectivity index (χ1n) is 9.13. The maximum absolute atomic E-state index is 12.8. The number of aromatic nitrogens is 2. The van der Waals surface area contributed by atoms with E-state index in [0.717, 1.165) is 18.2 Å². The number of thioether (sulfide) groups is 1. The number of fused-ring (bicyclic) bond motifs is 1. The Balaban J connectivity index is 1.88. The van der Waals surface area contributed by atoms with E-state index < -0.39 is 16.1 Å². The summed E-state index contributed by atoms with van der Waals surface area (Å²) in [5.74, 6) is -0.408. The lowest BCUT2D eigenvalue weighted by molar-refractivity contribution is -0.383. The predicted octanol–water partition coefficient (Wildman–Crippen LogP) is 3.83. The van der Waals surface area contributed by atoms with Gasteiger partial charge in [0, 0.05) is 12.6 Å². The Morgan fingerprint density at radius 3 is 2.66 bits per heavy atom. The van der Waals surface area contributed by atoms with E-state index in [1.807, 2.05) is 6.92 Å². The van der Waals surface area contributed by atoms with Crippen molar-refractivity contribution in [3.05, 3.63) is 69.0 Å². The molecule has 0 fully saturated rings. The Morgan fingerprint density at radius 1 is 1.24 bits per heavy atom. The molecule has 0 aliphatic heterocycles. The fourth-order valence-electron chi connectivity index (χ4n) is 2.84. The minimum Gasteiger partial charge on any atom is -0.319 e. The molecule has 0 aliphatic carbocycles. The van der Waals surface area contributed by atoms with Gasteiger partial charge in [-0.3, -0.25) is 24.3 Å². The smallest absolute Gasteiger partial charge is 0.292 e. The number of nitrogens with one attached hydrogen (secondary N) is 1. The van der Waals surface area contributed by atoms with Crippen molar-refractivity contribution < 1.29 is 9.72 Å². The average molecular weight is 412 g/mol. The second-order valence-electron chi connectivity index (χ2n) is 6.39. The number of rotatable bonds is 7. The van der Waals surface area contributed by atoms with Gasteiger partial charge in [0.25, 0.3) is 11.2 Å². The van der Waals surface area contributed by atoms with Crippen LogP contribution in [0.4, 0.5) is 11.4 Å². The van der Waals surface area contributed by atoms with Gasteiger partial charge in [-0.15, -0.1) is 0 Å². The van der Waals surface area contributed by atoms with Crippen LogP contribution in [0.25, 0.3) is 10.9 Å². The number of amides is 1. The molecular weight excluding hydrogens is 392 g/mol. The van der Waals surface area contributed by atoms with E-state index in [9.17, 15) is 19.7 Å². The fourth-order valence-corrected chi connectivity index (χ4v) is 3.78. The van der Waals surface area contributed by atoms with Crippen molar-refractivity contribution in [2.24, 2.45) is 0 Å². The largest absolute Gasteiger partial charge is 0.319 e. The van der Waals surface area contributed by atoms with Gasteiger partial charge >= 0.3 is 0 Å². The van der Waals surface area contributed by atoms with Crippen molar-refractivity contribution in [1.29, 1.82) is 0 Å². The van der Waals surface area contributed by atoms with E-state index in [0.29, 0.717) is 22.6 Å². The molecule has 9 heteroatoms. The molecule has 1 atom stereocenters. The molecule has 0 saturated carbocycles. The number of benzene rings is 2. The molecular formula is C20H20N4O4S. The van der Waals surface area contributed by atoms with Crippen LogP contribution in [0.5, 0.6) is 0 Å². The Hall–Kier alpha value is -3.20. The summed E-state index contributed by atoms with van der Waals surface area (Å²) in [6, 6.07) is 13.0. The average Bonchev–Trinajstić information content (AvgIpc) is 2.71. The molecule has 3 rings (SSSR count). The van der Waals surface area contributed by atoms with E-state index in [1.165, 1.54) is 18.2 Å². The molecule has 3 aromatic rings. The normalized spacial score (nSPS) is 11.9. The molecule has 2 aromatic carbocycles. The van der Waals surface area contributed by atoms with Crippen LogP contribution in [0.15, 0.2) is 58.5 Å². The molecule has 29 heavy (non-hydrogen) atoms. The first-order valence-corrected chi connectivity index (χ1v) is 10.0. The highest BCUT2D eigenvalue weighted by atomic mass is 32.2. The van der Waals surface area contributed by atoms with Gasteiger partial charge in [-0.2, -0.15) is 0 Å². The standard InChI is InChI=1S/C20H20N4O4S/c1-3-12-23-19(26)14-8-4-5-9-15(14)22-20(23)29-13(2)18(25)21-16-10-6-7-11-17(16)24(27)28/h4-11,13H,3,12H2,1-2H3,(H,21,25)/t13-/m0/s1. The van der Waals surface area contributed by atoms with Crippen LogP contribution in [0.1, 0.15) is 20.3 Å². The Bertz CT molecular complexity index is 1130. The lowest BCUT2D eigenvalue weighted by Gasteiger charge is -2.16. The number of nitro benzene ring substituents is 1. The quantitative estimate of drug-likeness (QED) is 0.273. The third kappa shape index (κ3) is 4.45. The maximum Gasteiger partial charge on any atom is 0.292 e. The zero-order valence-corrected chi connectivity index (χ0v) is 16.8. The summed E-state index contributed by atoms with van der Waals surface area (Å²) < 4.78 is 1.57. The van der Waals surface area contributed by atoms with Crippen molar-refractivity contribution >= 4 is 39.9 Å². The number of anilines is 1. The summed E-state index contributed by atoms with van der Waals surface area (Å²) in [4.78, 5) is 40.6. The van der Waals surface area contributed by atoms with E-state index in [2.05, 4.69) is 10.3 Å². The third-order valence-corrected chi connectivity index (χ3v) is 5.37. The molecule has 0 spiro atoms. The first kappa shape index (κ1) is 20.5. The van der Waals surface area contributed by atoms with Crippen molar-refractivity contribution in [2.45, 2.75) is 37.2 Å². The Kier molecular flexibility index (Phi) is 6.28. The zero-order chi connectivity index (χ0) is 21.0. The van der Waals surface area contributed by atoms with Crippen LogP contribution >= 0.6 is 11.8 Å². The van der Waals surface area contributed by atoms with Crippen LogP contribution in [0.3, 0.4) is 0 Å². The molecule has 1 amide bonds. The van der Waals surface area contributed by atoms with Crippen LogP contribution in [0.2, 0.25) is 0 Å². The van der Waals surface area contributed by atoms with Crippen molar-refractivity contribution in [2.75, 3.05) is 5.32 Å². The van der Waals surface area contributed by atoms with Crippen LogP contribution in [-0.2, 0) is 11.3 Å². The van der Waals surface area contributed by atoms with Gasteiger partial charge in [0.1, 0.15) is 5.69 Å². The SMILES string of the molecule is CCCn1c(S[C@@H](C)C(=O)Nc2ccccc2[N+](=O)[O-])nc2ccccc2c1=O. The van der Waals surface area contributed by atoms with Gasteiger partial charge in [-0.05, 0) is 31.5 Å². The summed E-state index contributed by atoms with van der Waals surface area (Å²) in [6.45, 7) is 4.12. The summed E-state index contributed by atoms with van der Waals surface area (Å²) in [6.07, 6.45) is 0.740. The zero-order valence-electron chi connectivity index (χ0n) is 16.0. The topological polar surface area (TPSA) is 107 Å². The number of carbonyl (C=O) groups is 1. The van der Waals surface area contributed by atoms with Gasteiger partial charge < -0.3 is 5.32 Å². The van der Waals surface area contributed by atoms with Gasteiger partial charge in [0.15, 0.2) is 5.16 Å². The van der Waals surface area contributed by atoms with Crippen molar-refractivity contribution in [3.8, 4) is 0 Å². The highest BCUT2D eigenvalue weighted by molar-refractivity contribution is 8.00. The summed E-state index contributed by atoms with van der Waals surface area (Å²) in [7, 11) is 0. The van der Waals surface area contributed by atoms with E-state index in [1.54, 1.807) is 41.8 Å². The monoisotopic (exact) mass is 412 g/mol. The minimum absolute atomic E-state index is 0.132. The second-order valence-corrected chi connectivity index (χ2v) is 7.70. The van der Waals surface area contributed by atoms with E-state index >= 15 is 0 Å². The van der Waals surface area contributed by atoms with Gasteiger partial charge in [0.2, 0.25) is 5.91 Å². The molecule has 0 unspecified atom stereocenters. The molecule has 1 aromatic heterocycles. The highest BCUT2D eigenvalue weighted by Crippen LogP contribution is 2.27. The number of carbonyl (C=O) groups excluding carboxylic acids is 1.